The van der Waals surface area contributed by atoms with Crippen molar-refractivity contribution < 1.29 is 24.2 Å². The van der Waals surface area contributed by atoms with Gasteiger partial charge >= 0.3 is 6.09 Å². The van der Waals surface area contributed by atoms with Crippen molar-refractivity contribution in [2.45, 2.75) is 25.2 Å². The molecule has 1 fully saturated rings. The molecule has 6 nitrogen and oxygen atoms in total. The Morgan fingerprint density at radius 1 is 1.15 bits per heavy atom. The van der Waals surface area contributed by atoms with Gasteiger partial charge in [-0.05, 0) is 36.8 Å². The zero-order chi connectivity index (χ0) is 19.2. The van der Waals surface area contributed by atoms with Crippen molar-refractivity contribution in [3.63, 3.8) is 0 Å². The summed E-state index contributed by atoms with van der Waals surface area (Å²) in [6, 6.07) is 12.0. The Kier molecular flexibility index (Phi) is 6.13. The van der Waals surface area contributed by atoms with E-state index in [0.717, 1.165) is 18.1 Å². The summed E-state index contributed by atoms with van der Waals surface area (Å²) in [6.45, 7) is 1.46. The van der Waals surface area contributed by atoms with Crippen LogP contribution in [-0.4, -0.2) is 41.0 Å². The molecular formula is C20H23FN2O4. The van der Waals surface area contributed by atoms with Gasteiger partial charge in [0.15, 0.2) is 11.6 Å². The molecule has 0 aromatic heterocycles. The van der Waals surface area contributed by atoms with Gasteiger partial charge in [-0.3, -0.25) is 0 Å². The highest BCUT2D eigenvalue weighted by atomic mass is 19.1. The highest BCUT2D eigenvalue weighted by Crippen LogP contribution is 2.36. The molecule has 3 N–H and O–H groups in total. The van der Waals surface area contributed by atoms with Gasteiger partial charge in [0.05, 0.1) is 0 Å². The second-order valence-electron chi connectivity index (χ2n) is 6.61. The predicted octanol–water partition coefficient (Wildman–Crippen LogP) is 3.30. The third-order valence-electron chi connectivity index (χ3n) is 4.73. The average molecular weight is 374 g/mol. The van der Waals surface area contributed by atoms with Crippen molar-refractivity contribution >= 4 is 6.09 Å². The number of carbonyl (C=O) groups excluding carboxylic acids is 1. The van der Waals surface area contributed by atoms with Crippen LogP contribution in [0.2, 0.25) is 0 Å². The van der Waals surface area contributed by atoms with Crippen LogP contribution >= 0.6 is 0 Å². The van der Waals surface area contributed by atoms with Crippen LogP contribution in [0.4, 0.5) is 9.18 Å². The molecule has 0 saturated carbocycles. The predicted molar refractivity (Wildman–Crippen MR) is 97.9 cm³/mol. The number of phenolic OH excluding ortho intramolecular Hbond substituents is 2. The van der Waals surface area contributed by atoms with E-state index in [9.17, 15) is 19.4 Å². The van der Waals surface area contributed by atoms with E-state index in [-0.39, 0.29) is 11.7 Å². The standard InChI is InChI=1S/C20H23FN2O4/c21-17-12-16(18(24)13-19(17)25)15-7-10-23(11-8-15)27-20(26)22-9-6-14-4-2-1-3-5-14/h1-5,12-13,15,24-25H,6-11H2,(H,22,26). The van der Waals surface area contributed by atoms with Gasteiger partial charge in [-0.2, -0.15) is 0 Å². The number of nitrogens with one attached hydrogen (secondary N) is 1. The fourth-order valence-corrected chi connectivity index (χ4v) is 3.25. The van der Waals surface area contributed by atoms with Gasteiger partial charge < -0.3 is 20.4 Å². The Bertz CT molecular complexity index is 777. The van der Waals surface area contributed by atoms with Gasteiger partial charge in [0.25, 0.3) is 0 Å². The van der Waals surface area contributed by atoms with E-state index in [2.05, 4.69) is 5.32 Å². The molecule has 0 spiro atoms. The quantitative estimate of drug-likeness (QED) is 0.748. The molecule has 7 heteroatoms. The van der Waals surface area contributed by atoms with Gasteiger partial charge in [-0.25, -0.2) is 9.18 Å². The maximum Gasteiger partial charge on any atom is 0.426 e. The molecule has 2 aromatic carbocycles. The highest BCUT2D eigenvalue weighted by Gasteiger charge is 2.26. The third-order valence-corrected chi connectivity index (χ3v) is 4.73. The zero-order valence-corrected chi connectivity index (χ0v) is 14.9. The van der Waals surface area contributed by atoms with Crippen molar-refractivity contribution in [2.75, 3.05) is 19.6 Å². The lowest BCUT2D eigenvalue weighted by atomic mass is 9.89. The average Bonchev–Trinajstić information content (AvgIpc) is 2.66. The van der Waals surface area contributed by atoms with E-state index in [1.54, 1.807) is 5.06 Å². The number of aromatic hydroxyl groups is 2. The topological polar surface area (TPSA) is 82.0 Å². The van der Waals surface area contributed by atoms with Crippen LogP contribution in [0, 0.1) is 5.82 Å². The number of amides is 1. The van der Waals surface area contributed by atoms with Crippen molar-refractivity contribution in [1.29, 1.82) is 0 Å². The fourth-order valence-electron chi connectivity index (χ4n) is 3.25. The molecule has 0 radical (unpaired) electrons. The first-order valence-corrected chi connectivity index (χ1v) is 8.99. The number of benzene rings is 2. The Labute approximate surface area is 157 Å². The largest absolute Gasteiger partial charge is 0.508 e. The molecule has 144 valence electrons. The summed E-state index contributed by atoms with van der Waals surface area (Å²) in [4.78, 5) is 17.2. The SMILES string of the molecule is O=C(NCCc1ccccc1)ON1CCC(c2cc(F)c(O)cc2O)CC1. The Hall–Kier alpha value is -2.80. The molecule has 27 heavy (non-hydrogen) atoms. The van der Waals surface area contributed by atoms with Crippen LogP contribution in [0.3, 0.4) is 0 Å². The Morgan fingerprint density at radius 3 is 2.56 bits per heavy atom. The Balaban J connectivity index is 1.43. The molecule has 2 aromatic rings. The molecule has 0 bridgehead atoms. The maximum atomic E-state index is 13.6. The van der Waals surface area contributed by atoms with E-state index >= 15 is 0 Å². The van der Waals surface area contributed by atoms with E-state index in [4.69, 9.17) is 4.84 Å². The van der Waals surface area contributed by atoms with Crippen LogP contribution in [0.25, 0.3) is 0 Å². The number of carbonyl (C=O) groups is 1. The second-order valence-corrected chi connectivity index (χ2v) is 6.61. The zero-order valence-electron chi connectivity index (χ0n) is 14.9. The monoisotopic (exact) mass is 374 g/mol. The normalized spacial score (nSPS) is 15.4. The van der Waals surface area contributed by atoms with Gasteiger partial charge in [-0.1, -0.05) is 30.3 Å². The molecule has 0 unspecified atom stereocenters. The molecule has 1 aliphatic heterocycles. The number of hydroxylamine groups is 2. The van der Waals surface area contributed by atoms with Crippen molar-refractivity contribution in [1.82, 2.24) is 10.4 Å². The van der Waals surface area contributed by atoms with Crippen LogP contribution in [0.15, 0.2) is 42.5 Å². The van der Waals surface area contributed by atoms with Gasteiger partial charge in [0.1, 0.15) is 5.75 Å². The lowest BCUT2D eigenvalue weighted by Gasteiger charge is -2.30. The maximum absolute atomic E-state index is 13.6. The molecule has 1 saturated heterocycles. The molecule has 1 heterocycles. The summed E-state index contributed by atoms with van der Waals surface area (Å²) in [5.74, 6) is -1.49. The van der Waals surface area contributed by atoms with E-state index in [1.807, 2.05) is 30.3 Å². The summed E-state index contributed by atoms with van der Waals surface area (Å²) in [5.41, 5.74) is 1.61. The lowest BCUT2D eigenvalue weighted by Crippen LogP contribution is -2.39. The minimum Gasteiger partial charge on any atom is -0.508 e. The minimum absolute atomic E-state index is 0.0545. The van der Waals surface area contributed by atoms with Gasteiger partial charge in [-0.15, -0.1) is 5.06 Å². The first-order chi connectivity index (χ1) is 13.0. The Morgan fingerprint density at radius 2 is 1.85 bits per heavy atom. The summed E-state index contributed by atoms with van der Waals surface area (Å²) in [6.07, 6.45) is 1.44. The summed E-state index contributed by atoms with van der Waals surface area (Å²) < 4.78 is 13.6. The van der Waals surface area contributed by atoms with Crippen molar-refractivity contribution in [3.8, 4) is 11.5 Å². The summed E-state index contributed by atoms with van der Waals surface area (Å²) in [5, 5.41) is 23.5. The fraction of sp³-hybridized carbons (Fsp3) is 0.350. The number of hydrogen-bond acceptors (Lipinski definition) is 5. The lowest BCUT2D eigenvalue weighted by molar-refractivity contribution is -0.113. The number of rotatable bonds is 5. The van der Waals surface area contributed by atoms with Crippen LogP contribution in [-0.2, 0) is 11.3 Å². The molecule has 0 aliphatic carbocycles. The molecule has 0 atom stereocenters. The van der Waals surface area contributed by atoms with Crippen molar-refractivity contribution in [3.05, 3.63) is 59.4 Å². The highest BCUT2D eigenvalue weighted by molar-refractivity contribution is 5.66. The second kappa shape index (κ2) is 8.73. The number of hydrogen-bond donors (Lipinski definition) is 3. The third kappa shape index (κ3) is 5.10. The first-order valence-electron chi connectivity index (χ1n) is 8.99. The summed E-state index contributed by atoms with van der Waals surface area (Å²) >= 11 is 0. The van der Waals surface area contributed by atoms with Crippen LogP contribution in [0.5, 0.6) is 11.5 Å². The first kappa shape index (κ1) is 19.0. The number of piperidine rings is 1. The smallest absolute Gasteiger partial charge is 0.426 e. The van der Waals surface area contributed by atoms with Crippen molar-refractivity contribution in [2.24, 2.45) is 0 Å². The molecule has 3 rings (SSSR count). The van der Waals surface area contributed by atoms with E-state index in [0.29, 0.717) is 38.0 Å². The van der Waals surface area contributed by atoms with E-state index < -0.39 is 17.7 Å². The molecule has 1 amide bonds. The number of nitrogens with zero attached hydrogens (tertiary/aromatic N) is 1. The van der Waals surface area contributed by atoms with Crippen LogP contribution in [0.1, 0.15) is 29.9 Å². The molecular weight excluding hydrogens is 351 g/mol. The number of phenols is 2. The summed E-state index contributed by atoms with van der Waals surface area (Å²) in [7, 11) is 0. The van der Waals surface area contributed by atoms with Gasteiger partial charge in [0.2, 0.25) is 0 Å². The van der Waals surface area contributed by atoms with E-state index in [1.165, 1.54) is 6.07 Å². The minimum atomic E-state index is -0.751. The number of halogens is 1. The van der Waals surface area contributed by atoms with Gasteiger partial charge in [0, 0.05) is 31.3 Å². The van der Waals surface area contributed by atoms with Crippen LogP contribution < -0.4 is 5.32 Å². The molecule has 1 aliphatic rings.